The normalized spacial score (nSPS) is 11.4. The molecule has 0 aliphatic carbocycles. The molecule has 0 saturated heterocycles. The van der Waals surface area contributed by atoms with Crippen LogP contribution < -0.4 is 11.1 Å². The highest BCUT2D eigenvalue weighted by atomic mass is 15.1. The highest BCUT2D eigenvalue weighted by Crippen LogP contribution is 2.17. The number of nitrogens with zero attached hydrogens (tertiary/aromatic N) is 2. The molecule has 4 heteroatoms. The zero-order valence-electron chi connectivity index (χ0n) is 9.26. The van der Waals surface area contributed by atoms with Crippen LogP contribution in [-0.2, 0) is 0 Å². The molecule has 0 aromatic carbocycles. The number of rotatable bonds is 3. The Hall–Kier alpha value is -1.32. The molecule has 0 atom stereocenters. The Morgan fingerprint density at radius 3 is 2.57 bits per heavy atom. The first kappa shape index (κ1) is 10.8. The van der Waals surface area contributed by atoms with E-state index < -0.39 is 0 Å². The number of hydrogen-bond acceptors (Lipinski definition) is 4. The number of nitrogen functional groups attached to an aromatic ring is 1. The molecule has 14 heavy (non-hydrogen) atoms. The maximum Gasteiger partial charge on any atom is 0.132 e. The van der Waals surface area contributed by atoms with Crippen LogP contribution in [0.1, 0.15) is 33.0 Å². The Morgan fingerprint density at radius 2 is 2.07 bits per heavy atom. The maximum atomic E-state index is 5.63. The van der Waals surface area contributed by atoms with Gasteiger partial charge in [-0.1, -0.05) is 6.92 Å². The van der Waals surface area contributed by atoms with Gasteiger partial charge in [-0.2, -0.15) is 0 Å². The molecule has 0 unspecified atom stereocenters. The fourth-order valence-corrected chi connectivity index (χ4v) is 1.09. The summed E-state index contributed by atoms with van der Waals surface area (Å²) in [6.45, 7) is 8.21. The Labute approximate surface area is 85.0 Å². The van der Waals surface area contributed by atoms with Crippen LogP contribution in [0.15, 0.2) is 6.07 Å². The van der Waals surface area contributed by atoms with E-state index in [2.05, 4.69) is 36.1 Å². The third kappa shape index (κ3) is 2.87. The van der Waals surface area contributed by atoms with Gasteiger partial charge in [-0.25, -0.2) is 9.97 Å². The van der Waals surface area contributed by atoms with E-state index in [1.807, 2.05) is 6.92 Å². The first-order valence-corrected chi connectivity index (χ1v) is 4.82. The fraction of sp³-hybridized carbons (Fsp3) is 0.600. The lowest BCUT2D eigenvalue weighted by Gasteiger charge is -2.25. The predicted octanol–water partition coefficient (Wildman–Crippen LogP) is 1.97. The van der Waals surface area contributed by atoms with Crippen molar-refractivity contribution in [2.45, 2.75) is 39.7 Å². The minimum Gasteiger partial charge on any atom is -0.384 e. The van der Waals surface area contributed by atoms with Crippen molar-refractivity contribution in [3.63, 3.8) is 0 Å². The van der Waals surface area contributed by atoms with Gasteiger partial charge in [-0.05, 0) is 27.2 Å². The number of nitrogens with two attached hydrogens (primary N) is 1. The zero-order valence-corrected chi connectivity index (χ0v) is 9.26. The molecular formula is C10H18N4. The van der Waals surface area contributed by atoms with Crippen LogP contribution in [0.4, 0.5) is 11.6 Å². The van der Waals surface area contributed by atoms with Gasteiger partial charge in [-0.3, -0.25) is 0 Å². The lowest BCUT2D eigenvalue weighted by Crippen LogP contribution is -2.30. The van der Waals surface area contributed by atoms with Gasteiger partial charge >= 0.3 is 0 Å². The summed E-state index contributed by atoms with van der Waals surface area (Å²) in [6, 6.07) is 1.75. The third-order valence-corrected chi connectivity index (χ3v) is 2.21. The molecule has 1 aromatic rings. The van der Waals surface area contributed by atoms with Crippen molar-refractivity contribution in [1.29, 1.82) is 0 Å². The number of nitrogens with one attached hydrogen (secondary N) is 1. The molecule has 0 bridgehead atoms. The van der Waals surface area contributed by atoms with Gasteiger partial charge in [0.1, 0.15) is 17.5 Å². The SMILES string of the molecule is CCC(C)(C)Nc1cc(N)nc(C)n1. The van der Waals surface area contributed by atoms with Crippen molar-refractivity contribution in [2.75, 3.05) is 11.1 Å². The largest absolute Gasteiger partial charge is 0.384 e. The van der Waals surface area contributed by atoms with E-state index in [1.54, 1.807) is 6.07 Å². The van der Waals surface area contributed by atoms with E-state index in [0.29, 0.717) is 11.6 Å². The van der Waals surface area contributed by atoms with Crippen molar-refractivity contribution in [3.05, 3.63) is 11.9 Å². The summed E-state index contributed by atoms with van der Waals surface area (Å²) in [6.07, 6.45) is 1.02. The average Bonchev–Trinajstić information content (AvgIpc) is 2.01. The first-order valence-electron chi connectivity index (χ1n) is 4.82. The van der Waals surface area contributed by atoms with E-state index in [0.717, 1.165) is 12.2 Å². The summed E-state index contributed by atoms with van der Waals surface area (Å²) in [7, 11) is 0. The number of hydrogen-bond donors (Lipinski definition) is 2. The lowest BCUT2D eigenvalue weighted by molar-refractivity contribution is 0.544. The monoisotopic (exact) mass is 194 g/mol. The molecule has 1 aromatic heterocycles. The summed E-state index contributed by atoms with van der Waals surface area (Å²) in [5.74, 6) is 1.99. The molecule has 0 saturated carbocycles. The Kier molecular flexibility index (Phi) is 2.93. The van der Waals surface area contributed by atoms with Gasteiger partial charge in [0.2, 0.25) is 0 Å². The van der Waals surface area contributed by atoms with Crippen LogP contribution in [0.2, 0.25) is 0 Å². The zero-order chi connectivity index (χ0) is 10.8. The lowest BCUT2D eigenvalue weighted by atomic mass is 10.0. The van der Waals surface area contributed by atoms with Gasteiger partial charge in [0.05, 0.1) is 0 Å². The highest BCUT2D eigenvalue weighted by molar-refractivity contribution is 5.45. The summed E-state index contributed by atoms with van der Waals surface area (Å²) >= 11 is 0. The van der Waals surface area contributed by atoms with Crippen LogP contribution in [0.3, 0.4) is 0 Å². The van der Waals surface area contributed by atoms with Gasteiger partial charge < -0.3 is 11.1 Å². The van der Waals surface area contributed by atoms with Crippen molar-refractivity contribution in [2.24, 2.45) is 0 Å². The summed E-state index contributed by atoms with van der Waals surface area (Å²) < 4.78 is 0. The molecule has 0 spiro atoms. The van der Waals surface area contributed by atoms with E-state index in [1.165, 1.54) is 0 Å². The van der Waals surface area contributed by atoms with E-state index >= 15 is 0 Å². The summed E-state index contributed by atoms with van der Waals surface area (Å²) in [5, 5.41) is 3.32. The number of aryl methyl sites for hydroxylation is 1. The summed E-state index contributed by atoms with van der Waals surface area (Å²) in [5.41, 5.74) is 5.66. The van der Waals surface area contributed by atoms with Crippen LogP contribution >= 0.6 is 0 Å². The minimum absolute atomic E-state index is 0.0350. The smallest absolute Gasteiger partial charge is 0.132 e. The molecular weight excluding hydrogens is 176 g/mol. The van der Waals surface area contributed by atoms with E-state index in [4.69, 9.17) is 5.73 Å². The molecule has 3 N–H and O–H groups in total. The molecule has 1 heterocycles. The maximum absolute atomic E-state index is 5.63. The van der Waals surface area contributed by atoms with Gasteiger partial charge in [0.25, 0.3) is 0 Å². The van der Waals surface area contributed by atoms with Crippen LogP contribution in [0.5, 0.6) is 0 Å². The molecule has 0 radical (unpaired) electrons. The van der Waals surface area contributed by atoms with E-state index in [9.17, 15) is 0 Å². The molecule has 4 nitrogen and oxygen atoms in total. The fourth-order valence-electron chi connectivity index (χ4n) is 1.09. The van der Waals surface area contributed by atoms with Crippen LogP contribution in [0, 0.1) is 6.92 Å². The van der Waals surface area contributed by atoms with Gasteiger partial charge in [-0.15, -0.1) is 0 Å². The Balaban J connectivity index is 2.87. The van der Waals surface area contributed by atoms with Gasteiger partial charge in [0, 0.05) is 11.6 Å². The second-order valence-corrected chi connectivity index (χ2v) is 4.09. The van der Waals surface area contributed by atoms with Crippen molar-refractivity contribution in [3.8, 4) is 0 Å². The average molecular weight is 194 g/mol. The van der Waals surface area contributed by atoms with Crippen molar-refractivity contribution in [1.82, 2.24) is 9.97 Å². The second-order valence-electron chi connectivity index (χ2n) is 4.09. The molecule has 0 fully saturated rings. The van der Waals surface area contributed by atoms with E-state index in [-0.39, 0.29) is 5.54 Å². The van der Waals surface area contributed by atoms with Crippen LogP contribution in [-0.4, -0.2) is 15.5 Å². The Morgan fingerprint density at radius 1 is 1.43 bits per heavy atom. The molecule has 78 valence electrons. The molecule has 0 aliphatic rings. The quantitative estimate of drug-likeness (QED) is 0.772. The Bertz CT molecular complexity index is 300. The van der Waals surface area contributed by atoms with Crippen molar-refractivity contribution >= 4 is 11.6 Å². The number of anilines is 2. The molecule has 1 rings (SSSR count). The predicted molar refractivity (Wildman–Crippen MR) is 59.2 cm³/mol. The van der Waals surface area contributed by atoms with Crippen LogP contribution in [0.25, 0.3) is 0 Å². The van der Waals surface area contributed by atoms with Gasteiger partial charge in [0.15, 0.2) is 0 Å². The molecule has 0 aliphatic heterocycles. The first-order chi connectivity index (χ1) is 6.43. The standard InChI is InChI=1S/C10H18N4/c1-5-10(3,4)14-9-6-8(11)12-7(2)13-9/h6H,5H2,1-4H3,(H3,11,12,13,14). The number of aromatic nitrogens is 2. The molecule has 0 amide bonds. The highest BCUT2D eigenvalue weighted by Gasteiger charge is 2.15. The van der Waals surface area contributed by atoms with Crippen molar-refractivity contribution < 1.29 is 0 Å². The topological polar surface area (TPSA) is 63.8 Å². The summed E-state index contributed by atoms with van der Waals surface area (Å²) in [4.78, 5) is 8.28. The third-order valence-electron chi connectivity index (χ3n) is 2.21. The second kappa shape index (κ2) is 3.82. The minimum atomic E-state index is 0.0350.